The van der Waals surface area contributed by atoms with Gasteiger partial charge in [0, 0.05) is 29.1 Å². The summed E-state index contributed by atoms with van der Waals surface area (Å²) in [5.41, 5.74) is 4.16. The number of hydrogen-bond donors (Lipinski definition) is 1. The zero-order valence-corrected chi connectivity index (χ0v) is 17.1. The second-order valence-corrected chi connectivity index (χ2v) is 8.73. The van der Waals surface area contributed by atoms with Crippen LogP contribution in [-0.2, 0) is 27.9 Å². The lowest BCUT2D eigenvalue weighted by atomic mass is 10.0. The van der Waals surface area contributed by atoms with Crippen molar-refractivity contribution >= 4 is 16.7 Å². The number of benzene rings is 2. The first kappa shape index (κ1) is 19.2. The summed E-state index contributed by atoms with van der Waals surface area (Å²) >= 11 is 0. The van der Waals surface area contributed by atoms with Gasteiger partial charge in [-0.15, -0.1) is 0 Å². The van der Waals surface area contributed by atoms with Crippen LogP contribution in [0.4, 0.5) is 0 Å². The molecule has 1 amide bonds. The molecule has 0 spiro atoms. The lowest BCUT2D eigenvalue weighted by molar-refractivity contribution is 0.0298. The second-order valence-electron chi connectivity index (χ2n) is 7.31. The van der Waals surface area contributed by atoms with E-state index in [1.165, 1.54) is 0 Å². The zero-order valence-electron chi connectivity index (χ0n) is 16.3. The number of nitrogens with zero attached hydrogens (tertiary/aromatic N) is 3. The van der Waals surface area contributed by atoms with Crippen LogP contribution in [0.25, 0.3) is 16.9 Å². The molecule has 1 unspecified atom stereocenters. The number of hydrogen-bond acceptors (Lipinski definition) is 5. The Hall–Kier alpha value is -2.81. The summed E-state index contributed by atoms with van der Waals surface area (Å²) in [5.74, 6) is 0.0836. The Labute approximate surface area is 176 Å². The molecule has 2 aliphatic rings. The molecule has 154 valence electrons. The Bertz CT molecular complexity index is 1150. The van der Waals surface area contributed by atoms with Gasteiger partial charge in [-0.2, -0.15) is 5.10 Å². The van der Waals surface area contributed by atoms with E-state index in [9.17, 15) is 14.1 Å². The van der Waals surface area contributed by atoms with E-state index in [-0.39, 0.29) is 18.3 Å². The van der Waals surface area contributed by atoms with Gasteiger partial charge in [-0.05, 0) is 23.8 Å². The van der Waals surface area contributed by atoms with Crippen LogP contribution in [0.2, 0.25) is 0 Å². The minimum atomic E-state index is -1.25. The lowest BCUT2D eigenvalue weighted by Crippen LogP contribution is -2.41. The number of aromatic nitrogens is 2. The molecule has 1 saturated heterocycles. The Kier molecular flexibility index (Phi) is 4.98. The van der Waals surface area contributed by atoms with E-state index in [2.05, 4.69) is 0 Å². The lowest BCUT2D eigenvalue weighted by Gasteiger charge is -2.26. The Balaban J connectivity index is 1.72. The van der Waals surface area contributed by atoms with E-state index < -0.39 is 10.8 Å². The summed E-state index contributed by atoms with van der Waals surface area (Å²) in [7, 11) is -1.25. The number of rotatable bonds is 3. The van der Waals surface area contributed by atoms with Gasteiger partial charge < -0.3 is 14.7 Å². The summed E-state index contributed by atoms with van der Waals surface area (Å²) in [5, 5.41) is 14.3. The highest BCUT2D eigenvalue weighted by Crippen LogP contribution is 2.39. The van der Waals surface area contributed by atoms with Crippen molar-refractivity contribution in [2.75, 3.05) is 26.3 Å². The molecule has 8 heteroatoms. The molecule has 5 rings (SSSR count). The third-order valence-corrected chi connectivity index (χ3v) is 6.88. The van der Waals surface area contributed by atoms with Crippen LogP contribution in [0.3, 0.4) is 0 Å². The van der Waals surface area contributed by atoms with E-state index in [1.54, 1.807) is 9.58 Å². The maximum Gasteiger partial charge on any atom is 0.274 e. The number of fused-ring (bicyclic) bond motifs is 3. The van der Waals surface area contributed by atoms with E-state index in [0.717, 1.165) is 27.4 Å². The number of morpholine rings is 1. The minimum absolute atomic E-state index is 0.0858. The van der Waals surface area contributed by atoms with Crippen LogP contribution >= 0.6 is 0 Å². The van der Waals surface area contributed by atoms with E-state index in [1.807, 2.05) is 48.5 Å². The molecule has 2 aliphatic heterocycles. The van der Waals surface area contributed by atoms with Crippen molar-refractivity contribution in [2.24, 2.45) is 0 Å². The number of amides is 1. The van der Waals surface area contributed by atoms with Gasteiger partial charge in [0.25, 0.3) is 5.91 Å². The van der Waals surface area contributed by atoms with E-state index in [0.29, 0.717) is 37.6 Å². The highest BCUT2D eigenvalue weighted by Gasteiger charge is 2.34. The highest BCUT2D eigenvalue weighted by atomic mass is 32.2. The zero-order chi connectivity index (χ0) is 20.7. The first-order valence-electron chi connectivity index (χ1n) is 9.84. The Morgan fingerprint density at radius 2 is 1.93 bits per heavy atom. The van der Waals surface area contributed by atoms with Gasteiger partial charge in [0.05, 0.1) is 47.8 Å². The largest absolute Gasteiger partial charge is 0.392 e. The maximum atomic E-state index is 13.3. The number of carbonyl (C=O) groups is 1. The quantitative estimate of drug-likeness (QED) is 0.698. The average Bonchev–Trinajstić information content (AvgIpc) is 3.19. The van der Waals surface area contributed by atoms with Crippen LogP contribution in [-0.4, -0.2) is 56.2 Å². The van der Waals surface area contributed by atoms with Gasteiger partial charge in [-0.3, -0.25) is 9.00 Å². The summed E-state index contributed by atoms with van der Waals surface area (Å²) in [6.45, 7) is 1.95. The Morgan fingerprint density at radius 1 is 1.13 bits per heavy atom. The van der Waals surface area contributed by atoms with Crippen molar-refractivity contribution in [2.45, 2.75) is 17.3 Å². The molecule has 30 heavy (non-hydrogen) atoms. The van der Waals surface area contributed by atoms with E-state index in [4.69, 9.17) is 9.84 Å². The van der Waals surface area contributed by atoms with Crippen molar-refractivity contribution < 1.29 is 18.8 Å². The molecule has 2 aromatic carbocycles. The fraction of sp³-hybridized carbons (Fsp3) is 0.273. The van der Waals surface area contributed by atoms with E-state index >= 15 is 0 Å². The normalized spacial score (nSPS) is 18.0. The fourth-order valence-corrected chi connectivity index (χ4v) is 5.33. The van der Waals surface area contributed by atoms with Crippen LogP contribution in [0.15, 0.2) is 53.4 Å². The summed E-state index contributed by atoms with van der Waals surface area (Å²) in [6, 6.07) is 15.0. The van der Waals surface area contributed by atoms with Crippen LogP contribution < -0.4 is 0 Å². The van der Waals surface area contributed by atoms with Crippen molar-refractivity contribution in [1.29, 1.82) is 0 Å². The number of aliphatic hydroxyl groups is 1. The highest BCUT2D eigenvalue weighted by molar-refractivity contribution is 7.84. The van der Waals surface area contributed by atoms with Gasteiger partial charge in [0.15, 0.2) is 5.69 Å². The van der Waals surface area contributed by atoms with Gasteiger partial charge in [0.2, 0.25) is 0 Å². The molecule has 1 fully saturated rings. The topological polar surface area (TPSA) is 84.7 Å². The number of aliphatic hydroxyl groups excluding tert-OH is 1. The predicted octanol–water partition coefficient (Wildman–Crippen LogP) is 2.13. The molecule has 0 aliphatic carbocycles. The molecule has 1 aromatic heterocycles. The molecule has 3 aromatic rings. The molecule has 1 atom stereocenters. The summed E-state index contributed by atoms with van der Waals surface area (Å²) in [4.78, 5) is 15.8. The molecule has 0 bridgehead atoms. The molecular formula is C22H21N3O4S. The molecule has 0 saturated carbocycles. The van der Waals surface area contributed by atoms with Crippen molar-refractivity contribution in [3.63, 3.8) is 0 Å². The van der Waals surface area contributed by atoms with Gasteiger partial charge in [-0.1, -0.05) is 30.3 Å². The summed E-state index contributed by atoms with van der Waals surface area (Å²) in [6.07, 6.45) is 0. The van der Waals surface area contributed by atoms with Crippen molar-refractivity contribution in [1.82, 2.24) is 14.7 Å². The van der Waals surface area contributed by atoms with Crippen LogP contribution in [0.1, 0.15) is 21.6 Å². The summed E-state index contributed by atoms with van der Waals surface area (Å²) < 4.78 is 20.1. The fourth-order valence-electron chi connectivity index (χ4n) is 3.99. The molecule has 7 nitrogen and oxygen atoms in total. The van der Waals surface area contributed by atoms with Gasteiger partial charge >= 0.3 is 0 Å². The Morgan fingerprint density at radius 3 is 2.73 bits per heavy atom. The molecule has 1 N–H and O–H groups in total. The van der Waals surface area contributed by atoms with Crippen molar-refractivity contribution in [3.05, 3.63) is 65.4 Å². The third kappa shape index (κ3) is 3.17. The monoisotopic (exact) mass is 423 g/mol. The second kappa shape index (κ2) is 7.79. The SMILES string of the molecule is O=C(c1nn(-c2cccc(CO)c2)c2c1CS(=O)c1ccccc1-2)N1CCOCC1. The number of ether oxygens (including phenoxy) is 1. The minimum Gasteiger partial charge on any atom is -0.392 e. The number of carbonyl (C=O) groups excluding carboxylic acids is 1. The average molecular weight is 423 g/mol. The van der Waals surface area contributed by atoms with Crippen LogP contribution in [0.5, 0.6) is 0 Å². The van der Waals surface area contributed by atoms with Gasteiger partial charge in [-0.25, -0.2) is 4.68 Å². The van der Waals surface area contributed by atoms with Crippen molar-refractivity contribution in [3.8, 4) is 16.9 Å². The first-order chi connectivity index (χ1) is 14.7. The molecule has 3 heterocycles. The third-order valence-electron chi connectivity index (χ3n) is 5.48. The standard InChI is InChI=1S/C22H21N3O4S/c26-13-15-4-3-5-16(12-15)25-21-17-6-1-2-7-19(17)30(28)14-18(21)20(23-25)22(27)24-8-10-29-11-9-24/h1-7,12,26H,8-11,13-14H2. The first-order valence-corrected chi connectivity index (χ1v) is 11.2. The maximum absolute atomic E-state index is 13.3. The van der Waals surface area contributed by atoms with Crippen LogP contribution in [0, 0.1) is 0 Å². The smallest absolute Gasteiger partial charge is 0.274 e. The van der Waals surface area contributed by atoms with Gasteiger partial charge in [0.1, 0.15) is 0 Å². The predicted molar refractivity (Wildman–Crippen MR) is 112 cm³/mol. The molecular weight excluding hydrogens is 402 g/mol. The molecule has 0 radical (unpaired) electrons.